The van der Waals surface area contributed by atoms with Crippen molar-refractivity contribution >= 4 is 21.7 Å². The fraction of sp³-hybridized carbons (Fsp3) is 0.500. The van der Waals surface area contributed by atoms with Gasteiger partial charge in [0.25, 0.3) is 0 Å². The van der Waals surface area contributed by atoms with Gasteiger partial charge in [-0.3, -0.25) is 4.79 Å². The van der Waals surface area contributed by atoms with Crippen molar-refractivity contribution in [2.24, 2.45) is 0 Å². The first kappa shape index (κ1) is 17.5. The summed E-state index contributed by atoms with van der Waals surface area (Å²) < 4.78 is 30.8. The molecule has 0 aliphatic carbocycles. The number of hydrogen-bond donors (Lipinski definition) is 0. The van der Waals surface area contributed by atoms with Crippen LogP contribution in [-0.4, -0.2) is 52.5 Å². The minimum Gasteiger partial charge on any atom is -0.465 e. The van der Waals surface area contributed by atoms with Gasteiger partial charge in [0.05, 0.1) is 12.3 Å². The molecule has 118 valence electrons. The highest BCUT2D eigenvalue weighted by Gasteiger charge is 2.24. The first-order valence-electron chi connectivity index (χ1n) is 6.76. The molecule has 0 N–H and O–H groups in total. The molecule has 7 heteroatoms. The summed E-state index contributed by atoms with van der Waals surface area (Å²) in [5.74, 6) is -0.378. The van der Waals surface area contributed by atoms with Crippen molar-refractivity contribution in [1.82, 2.24) is 4.31 Å². The average Bonchev–Trinajstić information content (AvgIpc) is 2.45. The lowest BCUT2D eigenvalue weighted by atomic mass is 10.3. The molecule has 0 unspecified atom stereocenters. The second-order valence-corrected chi connectivity index (χ2v) is 6.69. The summed E-state index contributed by atoms with van der Waals surface area (Å²) in [5.41, 5.74) is 0.502. The molecule has 21 heavy (non-hydrogen) atoms. The standard InChI is InChI=1S/C14H22N2O4S/c1-5-16(11-14(17)20-6-2)12-9-7-8-10-13(12)21(18,19)15(3)4/h7-10H,5-6,11H2,1-4H3. The summed E-state index contributed by atoms with van der Waals surface area (Å²) in [6.45, 7) is 4.41. The Morgan fingerprint density at radius 3 is 2.33 bits per heavy atom. The van der Waals surface area contributed by atoms with Gasteiger partial charge in [0.15, 0.2) is 0 Å². The quantitative estimate of drug-likeness (QED) is 0.710. The van der Waals surface area contributed by atoms with Crippen LogP contribution in [0.4, 0.5) is 5.69 Å². The Morgan fingerprint density at radius 2 is 1.81 bits per heavy atom. The van der Waals surface area contributed by atoms with E-state index in [0.29, 0.717) is 18.8 Å². The molecular formula is C14H22N2O4S. The number of ether oxygens (including phenoxy) is 1. The van der Waals surface area contributed by atoms with Crippen molar-refractivity contribution in [2.45, 2.75) is 18.7 Å². The molecule has 0 atom stereocenters. The predicted molar refractivity (Wildman–Crippen MR) is 81.8 cm³/mol. The number of esters is 1. The second-order valence-electron chi connectivity index (χ2n) is 4.57. The van der Waals surface area contributed by atoms with Crippen LogP contribution in [0.25, 0.3) is 0 Å². The van der Waals surface area contributed by atoms with Gasteiger partial charge in [-0.25, -0.2) is 12.7 Å². The van der Waals surface area contributed by atoms with Gasteiger partial charge < -0.3 is 9.64 Å². The second kappa shape index (κ2) is 7.42. The lowest BCUT2D eigenvalue weighted by molar-refractivity contribution is -0.141. The van der Waals surface area contributed by atoms with E-state index in [1.54, 1.807) is 36.1 Å². The normalized spacial score (nSPS) is 11.5. The smallest absolute Gasteiger partial charge is 0.325 e. The fourth-order valence-electron chi connectivity index (χ4n) is 1.86. The maximum atomic E-state index is 12.4. The van der Waals surface area contributed by atoms with Gasteiger partial charge in [-0.15, -0.1) is 0 Å². The van der Waals surface area contributed by atoms with Crippen molar-refractivity contribution in [3.8, 4) is 0 Å². The van der Waals surface area contributed by atoms with E-state index >= 15 is 0 Å². The fourth-order valence-corrected chi connectivity index (χ4v) is 2.97. The molecule has 0 spiro atoms. The minimum absolute atomic E-state index is 0.0182. The Morgan fingerprint density at radius 1 is 1.19 bits per heavy atom. The third-order valence-electron chi connectivity index (χ3n) is 2.97. The Kier molecular flexibility index (Phi) is 6.17. The summed E-state index contributed by atoms with van der Waals surface area (Å²) >= 11 is 0. The highest BCUT2D eigenvalue weighted by molar-refractivity contribution is 7.89. The Hall–Kier alpha value is -1.60. The lowest BCUT2D eigenvalue weighted by Crippen LogP contribution is -2.33. The van der Waals surface area contributed by atoms with Crippen LogP contribution in [0, 0.1) is 0 Å². The highest BCUT2D eigenvalue weighted by Crippen LogP contribution is 2.26. The minimum atomic E-state index is -3.57. The Bertz CT molecular complexity index is 584. The van der Waals surface area contributed by atoms with Gasteiger partial charge in [-0.05, 0) is 26.0 Å². The molecule has 0 fully saturated rings. The number of sulfonamides is 1. The van der Waals surface area contributed by atoms with E-state index < -0.39 is 10.0 Å². The zero-order valence-corrected chi connectivity index (χ0v) is 13.7. The number of likely N-dealkylation sites (N-methyl/N-ethyl adjacent to an activating group) is 1. The molecule has 1 aromatic rings. The van der Waals surface area contributed by atoms with Crippen LogP contribution in [0.1, 0.15) is 13.8 Å². The van der Waals surface area contributed by atoms with E-state index in [1.165, 1.54) is 14.1 Å². The van der Waals surface area contributed by atoms with Crippen molar-refractivity contribution in [1.29, 1.82) is 0 Å². The zero-order valence-electron chi connectivity index (χ0n) is 12.9. The molecule has 0 heterocycles. The van der Waals surface area contributed by atoms with Crippen LogP contribution in [0.3, 0.4) is 0 Å². The predicted octanol–water partition coefficient (Wildman–Crippen LogP) is 1.33. The number of benzene rings is 1. The molecule has 0 aliphatic heterocycles. The maximum Gasteiger partial charge on any atom is 0.325 e. The maximum absolute atomic E-state index is 12.4. The van der Waals surface area contributed by atoms with E-state index in [9.17, 15) is 13.2 Å². The Balaban J connectivity index is 3.20. The summed E-state index contributed by atoms with van der Waals surface area (Å²) in [7, 11) is -0.611. The average molecular weight is 314 g/mol. The summed E-state index contributed by atoms with van der Waals surface area (Å²) in [4.78, 5) is 13.5. The molecule has 1 aromatic carbocycles. The van der Waals surface area contributed by atoms with E-state index in [4.69, 9.17) is 4.74 Å². The van der Waals surface area contributed by atoms with E-state index in [-0.39, 0.29) is 17.4 Å². The van der Waals surface area contributed by atoms with Gasteiger partial charge in [0.2, 0.25) is 10.0 Å². The summed E-state index contributed by atoms with van der Waals surface area (Å²) in [6.07, 6.45) is 0. The number of para-hydroxylation sites is 1. The number of carbonyl (C=O) groups is 1. The molecule has 0 aromatic heterocycles. The van der Waals surface area contributed by atoms with Gasteiger partial charge in [0.1, 0.15) is 11.4 Å². The topological polar surface area (TPSA) is 66.9 Å². The number of anilines is 1. The van der Waals surface area contributed by atoms with Crippen molar-refractivity contribution in [3.63, 3.8) is 0 Å². The summed E-state index contributed by atoms with van der Waals surface area (Å²) in [5, 5.41) is 0. The van der Waals surface area contributed by atoms with Crippen LogP contribution < -0.4 is 4.90 Å². The molecule has 0 aliphatic rings. The third kappa shape index (κ3) is 4.18. The van der Waals surface area contributed by atoms with Crippen molar-refractivity contribution < 1.29 is 17.9 Å². The molecular weight excluding hydrogens is 292 g/mol. The van der Waals surface area contributed by atoms with Crippen LogP contribution in [0.5, 0.6) is 0 Å². The van der Waals surface area contributed by atoms with Crippen molar-refractivity contribution in [2.75, 3.05) is 38.7 Å². The first-order valence-corrected chi connectivity index (χ1v) is 8.20. The van der Waals surface area contributed by atoms with Crippen LogP contribution in [0.2, 0.25) is 0 Å². The van der Waals surface area contributed by atoms with E-state index in [0.717, 1.165) is 4.31 Å². The molecule has 0 saturated carbocycles. The first-order chi connectivity index (χ1) is 9.84. The van der Waals surface area contributed by atoms with E-state index in [1.807, 2.05) is 6.92 Å². The molecule has 0 radical (unpaired) electrons. The highest BCUT2D eigenvalue weighted by atomic mass is 32.2. The van der Waals surface area contributed by atoms with Gasteiger partial charge in [-0.2, -0.15) is 0 Å². The van der Waals surface area contributed by atoms with Gasteiger partial charge >= 0.3 is 5.97 Å². The summed E-state index contributed by atoms with van der Waals surface area (Å²) in [6, 6.07) is 6.65. The van der Waals surface area contributed by atoms with Crippen LogP contribution >= 0.6 is 0 Å². The molecule has 1 rings (SSSR count). The van der Waals surface area contributed by atoms with Crippen LogP contribution in [0.15, 0.2) is 29.2 Å². The third-order valence-corrected chi connectivity index (χ3v) is 4.83. The number of nitrogens with zero attached hydrogens (tertiary/aromatic N) is 2. The zero-order chi connectivity index (χ0) is 16.0. The number of hydrogen-bond acceptors (Lipinski definition) is 5. The van der Waals surface area contributed by atoms with Gasteiger partial charge in [0, 0.05) is 20.6 Å². The lowest BCUT2D eigenvalue weighted by Gasteiger charge is -2.25. The van der Waals surface area contributed by atoms with Gasteiger partial charge in [-0.1, -0.05) is 12.1 Å². The van der Waals surface area contributed by atoms with E-state index in [2.05, 4.69) is 0 Å². The molecule has 0 amide bonds. The molecule has 0 saturated heterocycles. The Labute approximate surface area is 126 Å². The molecule has 0 bridgehead atoms. The number of rotatable bonds is 7. The number of carbonyl (C=O) groups excluding carboxylic acids is 1. The van der Waals surface area contributed by atoms with Crippen molar-refractivity contribution in [3.05, 3.63) is 24.3 Å². The largest absolute Gasteiger partial charge is 0.465 e. The SMILES string of the molecule is CCOC(=O)CN(CC)c1ccccc1S(=O)(=O)N(C)C. The molecule has 6 nitrogen and oxygen atoms in total. The monoisotopic (exact) mass is 314 g/mol. The van der Waals surface area contributed by atoms with Crippen LogP contribution in [-0.2, 0) is 19.6 Å².